The number of hydrogen-bond donors (Lipinski definition) is 2. The number of imidazole rings is 1. The average molecular weight is 467 g/mol. The highest BCUT2D eigenvalue weighted by Crippen LogP contribution is 2.34. The second-order valence-corrected chi connectivity index (χ2v) is 8.91. The van der Waals surface area contributed by atoms with Crippen molar-refractivity contribution in [3.8, 4) is 22.6 Å². The Bertz CT molecular complexity index is 1590. The van der Waals surface area contributed by atoms with Crippen LogP contribution in [0.25, 0.3) is 39.1 Å². The second-order valence-electron chi connectivity index (χ2n) is 8.91. The number of allylic oxidation sites excluding steroid dienone is 3. The van der Waals surface area contributed by atoms with Gasteiger partial charge in [0.05, 0.1) is 23.7 Å². The topological polar surface area (TPSA) is 86.6 Å². The molecule has 174 valence electrons. The molecule has 1 aliphatic carbocycles. The Morgan fingerprint density at radius 2 is 2.03 bits per heavy atom. The highest BCUT2D eigenvalue weighted by molar-refractivity contribution is 5.95. The van der Waals surface area contributed by atoms with Crippen molar-refractivity contribution in [2.75, 3.05) is 14.1 Å². The Morgan fingerprint density at radius 3 is 2.86 bits per heavy atom. The third kappa shape index (κ3) is 3.87. The summed E-state index contributed by atoms with van der Waals surface area (Å²) in [5.74, 6) is 0.296. The monoisotopic (exact) mass is 466 g/mol. The lowest BCUT2D eigenvalue weighted by atomic mass is 10.0. The van der Waals surface area contributed by atoms with Gasteiger partial charge in [0.1, 0.15) is 11.5 Å². The number of furan rings is 1. The van der Waals surface area contributed by atoms with Gasteiger partial charge >= 0.3 is 0 Å². The lowest BCUT2D eigenvalue weighted by Crippen LogP contribution is -2.10. The fraction of sp³-hybridized carbons (Fsp3) is 0.148. The van der Waals surface area contributed by atoms with Crippen LogP contribution in [0.2, 0.25) is 0 Å². The average Bonchev–Trinajstić information content (AvgIpc) is 3.57. The Kier molecular flexibility index (Phi) is 5.15. The molecule has 0 unspecified atom stereocenters. The summed E-state index contributed by atoms with van der Waals surface area (Å²) in [6.45, 7) is 0.723. The summed E-state index contributed by atoms with van der Waals surface area (Å²) in [5.41, 5.74) is 7.23. The molecule has 0 spiro atoms. The number of fused-ring (bicyclic) bond motifs is 2. The van der Waals surface area contributed by atoms with E-state index in [9.17, 15) is 0 Å². The van der Waals surface area contributed by atoms with Gasteiger partial charge in [0, 0.05) is 64.8 Å². The van der Waals surface area contributed by atoms with Crippen LogP contribution < -0.4 is 0 Å². The van der Waals surface area contributed by atoms with E-state index >= 15 is 4.39 Å². The summed E-state index contributed by atoms with van der Waals surface area (Å²) < 4.78 is 20.4. The third-order valence-corrected chi connectivity index (χ3v) is 6.07. The Morgan fingerprint density at radius 1 is 1.11 bits per heavy atom. The number of rotatable bonds is 5. The van der Waals surface area contributed by atoms with Gasteiger partial charge in [0.25, 0.3) is 0 Å². The second kappa shape index (κ2) is 8.48. The molecule has 35 heavy (non-hydrogen) atoms. The molecule has 2 N–H and O–H groups in total. The SMILES string of the molecule is CN(C)Cc1cncc(-c2cc3c(-c4nc5c([nH]4)CC=CC=C5c4ccoc4)n[nH]c3cc2F)c1. The molecule has 0 aliphatic heterocycles. The molecule has 4 heterocycles. The predicted octanol–water partition coefficient (Wildman–Crippen LogP) is 5.35. The zero-order valence-corrected chi connectivity index (χ0v) is 19.3. The van der Waals surface area contributed by atoms with Crippen LogP contribution in [0.4, 0.5) is 4.39 Å². The molecule has 0 bridgehead atoms. The van der Waals surface area contributed by atoms with E-state index in [2.05, 4.69) is 31.1 Å². The van der Waals surface area contributed by atoms with Crippen LogP contribution in [0.3, 0.4) is 0 Å². The van der Waals surface area contributed by atoms with E-state index in [1.165, 1.54) is 6.07 Å². The van der Waals surface area contributed by atoms with Gasteiger partial charge in [-0.15, -0.1) is 0 Å². The van der Waals surface area contributed by atoms with Crippen molar-refractivity contribution < 1.29 is 8.81 Å². The molecule has 0 amide bonds. The van der Waals surface area contributed by atoms with E-state index in [1.807, 2.05) is 44.4 Å². The summed E-state index contributed by atoms with van der Waals surface area (Å²) in [7, 11) is 3.98. The van der Waals surface area contributed by atoms with Crippen molar-refractivity contribution >= 4 is 16.5 Å². The van der Waals surface area contributed by atoms with Crippen molar-refractivity contribution in [1.82, 2.24) is 30.0 Å². The fourth-order valence-electron chi connectivity index (χ4n) is 4.50. The lowest BCUT2D eigenvalue weighted by molar-refractivity contribution is 0.402. The maximum atomic E-state index is 15.1. The standard InChI is InChI=1S/C27H23FN6O/c1-34(2)14-16-9-18(13-29-12-16)20-10-21-24(11-22(20)28)32-33-26(21)27-30-23-6-4-3-5-19(25(23)31-27)17-7-8-35-15-17/h3-5,7-13,15H,6,14H2,1-2H3,(H,30,31)(H,32,33). The van der Waals surface area contributed by atoms with Gasteiger partial charge in [0.2, 0.25) is 0 Å². The first-order valence-electron chi connectivity index (χ1n) is 11.3. The molecular weight excluding hydrogens is 443 g/mol. The zero-order chi connectivity index (χ0) is 23.9. The minimum absolute atomic E-state index is 0.331. The van der Waals surface area contributed by atoms with Gasteiger partial charge < -0.3 is 14.3 Å². The molecular formula is C27H23FN6O. The molecule has 1 aromatic carbocycles. The molecule has 5 aromatic rings. The zero-order valence-electron chi connectivity index (χ0n) is 19.3. The number of aromatic nitrogens is 5. The van der Waals surface area contributed by atoms with Crippen LogP contribution >= 0.6 is 0 Å². The normalized spacial score (nSPS) is 13.3. The summed E-state index contributed by atoms with van der Waals surface area (Å²) in [5, 5.41) is 8.23. The van der Waals surface area contributed by atoms with E-state index in [0.29, 0.717) is 29.0 Å². The third-order valence-electron chi connectivity index (χ3n) is 6.07. The number of nitrogens with one attached hydrogen (secondary N) is 2. The minimum Gasteiger partial charge on any atom is -0.472 e. The minimum atomic E-state index is -0.331. The molecule has 7 nitrogen and oxygen atoms in total. The molecule has 1 aliphatic rings. The predicted molar refractivity (Wildman–Crippen MR) is 133 cm³/mol. The fourth-order valence-corrected chi connectivity index (χ4v) is 4.50. The Labute approximate surface area is 201 Å². The van der Waals surface area contributed by atoms with Gasteiger partial charge in [0.15, 0.2) is 5.82 Å². The molecule has 0 saturated heterocycles. The van der Waals surface area contributed by atoms with Crippen molar-refractivity contribution in [3.63, 3.8) is 0 Å². The van der Waals surface area contributed by atoms with Gasteiger partial charge in [-0.05, 0) is 37.9 Å². The van der Waals surface area contributed by atoms with Crippen LogP contribution in [0.15, 0.2) is 71.8 Å². The molecule has 0 atom stereocenters. The first kappa shape index (κ1) is 21.2. The first-order valence-corrected chi connectivity index (χ1v) is 11.3. The maximum Gasteiger partial charge on any atom is 0.159 e. The van der Waals surface area contributed by atoms with Gasteiger partial charge in [-0.25, -0.2) is 9.37 Å². The van der Waals surface area contributed by atoms with Crippen LogP contribution in [0, 0.1) is 5.82 Å². The van der Waals surface area contributed by atoms with E-state index in [4.69, 9.17) is 9.40 Å². The van der Waals surface area contributed by atoms with Gasteiger partial charge in [-0.3, -0.25) is 10.1 Å². The smallest absolute Gasteiger partial charge is 0.159 e. The molecule has 0 radical (unpaired) electrons. The molecule has 4 aromatic heterocycles. The largest absolute Gasteiger partial charge is 0.472 e. The lowest BCUT2D eigenvalue weighted by Gasteiger charge is -2.11. The van der Waals surface area contributed by atoms with Crippen LogP contribution in [-0.4, -0.2) is 44.1 Å². The van der Waals surface area contributed by atoms with Crippen molar-refractivity contribution in [2.24, 2.45) is 0 Å². The van der Waals surface area contributed by atoms with E-state index in [1.54, 1.807) is 24.9 Å². The van der Waals surface area contributed by atoms with Gasteiger partial charge in [-0.1, -0.05) is 18.2 Å². The first-order chi connectivity index (χ1) is 17.1. The van der Waals surface area contributed by atoms with Crippen molar-refractivity contribution in [3.05, 3.63) is 95.7 Å². The van der Waals surface area contributed by atoms with E-state index < -0.39 is 0 Å². The van der Waals surface area contributed by atoms with Crippen LogP contribution in [-0.2, 0) is 13.0 Å². The quantitative estimate of drug-likeness (QED) is 0.365. The highest BCUT2D eigenvalue weighted by Gasteiger charge is 2.21. The number of aromatic amines is 2. The van der Waals surface area contributed by atoms with E-state index in [0.717, 1.165) is 45.6 Å². The summed E-state index contributed by atoms with van der Waals surface area (Å²) in [6, 6.07) is 7.19. The summed E-state index contributed by atoms with van der Waals surface area (Å²) in [6.07, 6.45) is 13.7. The Balaban J connectivity index is 1.45. The van der Waals surface area contributed by atoms with Crippen LogP contribution in [0.5, 0.6) is 0 Å². The number of halogens is 1. The van der Waals surface area contributed by atoms with Crippen LogP contribution in [0.1, 0.15) is 22.5 Å². The molecule has 0 saturated carbocycles. The summed E-state index contributed by atoms with van der Waals surface area (Å²) in [4.78, 5) is 14.7. The van der Waals surface area contributed by atoms with Crippen molar-refractivity contribution in [2.45, 2.75) is 13.0 Å². The number of benzene rings is 1. The molecule has 6 rings (SSSR count). The highest BCUT2D eigenvalue weighted by atomic mass is 19.1. The molecule has 0 fully saturated rings. The number of hydrogen-bond acceptors (Lipinski definition) is 5. The number of pyridine rings is 1. The maximum absolute atomic E-state index is 15.1. The summed E-state index contributed by atoms with van der Waals surface area (Å²) >= 11 is 0. The van der Waals surface area contributed by atoms with Gasteiger partial charge in [-0.2, -0.15) is 5.10 Å². The van der Waals surface area contributed by atoms with Crippen molar-refractivity contribution in [1.29, 1.82) is 0 Å². The molecule has 8 heteroatoms. The number of H-pyrrole nitrogens is 2. The Hall–Kier alpha value is -4.30. The number of nitrogens with zero attached hydrogens (tertiary/aromatic N) is 4. The van der Waals surface area contributed by atoms with E-state index in [-0.39, 0.29) is 5.82 Å².